The van der Waals surface area contributed by atoms with E-state index in [2.05, 4.69) is 5.16 Å². The van der Waals surface area contributed by atoms with Crippen LogP contribution in [0.15, 0.2) is 47.6 Å². The van der Waals surface area contributed by atoms with Crippen molar-refractivity contribution < 1.29 is 26.4 Å². The first-order chi connectivity index (χ1) is 12.5. The number of nitrogens with zero attached hydrogens (tertiary/aromatic N) is 1. The van der Waals surface area contributed by atoms with Crippen LogP contribution in [0.1, 0.15) is 24.5 Å². The fourth-order valence-corrected chi connectivity index (χ4v) is 2.29. The highest BCUT2D eigenvalue weighted by atomic mass is 35.5. The van der Waals surface area contributed by atoms with Crippen LogP contribution in [0.25, 0.3) is 0 Å². The van der Waals surface area contributed by atoms with E-state index in [-0.39, 0.29) is 22.7 Å². The molecule has 146 valence electrons. The minimum absolute atomic E-state index is 0.102. The first-order valence-corrected chi connectivity index (χ1v) is 9.04. The standard InChI is InChI=1S/C16H12Cl2F3NO.HNO2S/c1-2-15(22-23-12-5-3-4-10(17)8-12)13-9-11(18)6-7-14(13)16(19,20)21;1-4(2)3/h3-9H,2H2,1H3;1H/b22-15+;. The summed E-state index contributed by atoms with van der Waals surface area (Å²) in [5, 5.41) is 4.47. The van der Waals surface area contributed by atoms with E-state index in [0.717, 1.165) is 6.07 Å². The van der Waals surface area contributed by atoms with Crippen LogP contribution >= 0.6 is 23.2 Å². The predicted octanol–water partition coefficient (Wildman–Crippen LogP) is 5.83. The van der Waals surface area contributed by atoms with E-state index in [0.29, 0.717) is 10.8 Å². The Morgan fingerprint density at radius 3 is 2.26 bits per heavy atom. The van der Waals surface area contributed by atoms with Crippen molar-refractivity contribution in [2.24, 2.45) is 5.16 Å². The second-order valence-electron chi connectivity index (χ2n) is 4.86. The Kier molecular flexibility index (Phi) is 8.74. The van der Waals surface area contributed by atoms with Gasteiger partial charge in [-0.1, -0.05) is 41.3 Å². The predicted molar refractivity (Wildman–Crippen MR) is 97.0 cm³/mol. The van der Waals surface area contributed by atoms with Crippen LogP contribution in [0.3, 0.4) is 0 Å². The second kappa shape index (κ2) is 10.3. The van der Waals surface area contributed by atoms with Gasteiger partial charge in [0.15, 0.2) is 5.75 Å². The van der Waals surface area contributed by atoms with E-state index >= 15 is 0 Å². The van der Waals surface area contributed by atoms with Crippen molar-refractivity contribution in [2.45, 2.75) is 19.5 Å². The molecule has 0 bridgehead atoms. The summed E-state index contributed by atoms with van der Waals surface area (Å²) in [4.78, 5) is 5.19. The number of hydrogen-bond donors (Lipinski definition) is 1. The molecule has 2 aromatic carbocycles. The molecule has 0 unspecified atom stereocenters. The third-order valence-electron chi connectivity index (χ3n) is 2.99. The average molecular weight is 441 g/mol. The van der Waals surface area contributed by atoms with Gasteiger partial charge >= 0.3 is 16.7 Å². The summed E-state index contributed by atoms with van der Waals surface area (Å²) in [6, 6.07) is 9.78. The van der Waals surface area contributed by atoms with Gasteiger partial charge in [0.05, 0.1) is 11.3 Å². The van der Waals surface area contributed by atoms with Gasteiger partial charge in [0.2, 0.25) is 0 Å². The number of oxime groups is 1. The van der Waals surface area contributed by atoms with Gasteiger partial charge in [-0.25, -0.2) is 0 Å². The second-order valence-corrected chi connectivity index (χ2v) is 6.20. The van der Waals surface area contributed by atoms with E-state index < -0.39 is 22.2 Å². The molecule has 0 spiro atoms. The van der Waals surface area contributed by atoms with Crippen molar-refractivity contribution in [3.8, 4) is 5.75 Å². The maximum absolute atomic E-state index is 13.1. The molecular formula is C16H13Cl2F3N2O3S. The quantitative estimate of drug-likeness (QED) is 0.479. The third-order valence-corrected chi connectivity index (χ3v) is 3.46. The lowest BCUT2D eigenvalue weighted by Crippen LogP contribution is -2.14. The Morgan fingerprint density at radius 1 is 1.15 bits per heavy atom. The molecule has 0 aliphatic heterocycles. The lowest BCUT2D eigenvalue weighted by molar-refractivity contribution is -0.137. The monoisotopic (exact) mass is 440 g/mol. The van der Waals surface area contributed by atoms with Crippen molar-refractivity contribution in [2.75, 3.05) is 0 Å². The number of alkyl halides is 3. The Labute approximate surface area is 164 Å². The van der Waals surface area contributed by atoms with Gasteiger partial charge < -0.3 is 4.84 Å². The minimum Gasteiger partial charge on any atom is -0.357 e. The zero-order valence-electron chi connectivity index (χ0n) is 13.7. The van der Waals surface area contributed by atoms with Gasteiger partial charge in [-0.2, -0.15) is 26.4 Å². The molecule has 0 radical (unpaired) electrons. The van der Waals surface area contributed by atoms with Crippen LogP contribution < -0.4 is 4.84 Å². The lowest BCUT2D eigenvalue weighted by atomic mass is 10.0. The molecule has 1 N–H and O–H groups in total. The summed E-state index contributed by atoms with van der Waals surface area (Å²) >= 11 is 11.6. The van der Waals surface area contributed by atoms with Gasteiger partial charge in [-0.05, 0) is 36.8 Å². The van der Waals surface area contributed by atoms with Crippen LogP contribution in [0, 0.1) is 4.78 Å². The molecule has 0 fully saturated rings. The Bertz CT molecular complexity index is 926. The highest BCUT2D eigenvalue weighted by Crippen LogP contribution is 2.34. The SMILES string of the molecule is CC/C(=N\Oc1cccc(Cl)c1)c1cc(Cl)ccc1C(F)(F)F.N=S(=O)=O. The maximum atomic E-state index is 13.1. The molecule has 0 saturated carbocycles. The zero-order valence-corrected chi connectivity index (χ0v) is 16.0. The van der Waals surface area contributed by atoms with Crippen molar-refractivity contribution in [3.63, 3.8) is 0 Å². The number of halogens is 5. The van der Waals surface area contributed by atoms with E-state index in [9.17, 15) is 13.2 Å². The van der Waals surface area contributed by atoms with E-state index in [4.69, 9.17) is 41.2 Å². The van der Waals surface area contributed by atoms with Gasteiger partial charge in [-0.15, -0.1) is 0 Å². The molecule has 27 heavy (non-hydrogen) atoms. The van der Waals surface area contributed by atoms with Crippen LogP contribution in [-0.2, 0) is 16.7 Å². The summed E-state index contributed by atoms with van der Waals surface area (Å²) in [6.07, 6.45) is -4.27. The van der Waals surface area contributed by atoms with Crippen molar-refractivity contribution in [1.29, 1.82) is 4.78 Å². The van der Waals surface area contributed by atoms with Gasteiger partial charge in [-0.3, -0.25) is 0 Å². The van der Waals surface area contributed by atoms with Crippen molar-refractivity contribution in [1.82, 2.24) is 0 Å². The number of hydrogen-bond acceptors (Lipinski definition) is 5. The Balaban J connectivity index is 0.000000828. The fraction of sp³-hybridized carbons (Fsp3) is 0.188. The minimum atomic E-state index is -4.51. The average Bonchev–Trinajstić information content (AvgIpc) is 2.54. The summed E-state index contributed by atoms with van der Waals surface area (Å²) in [6.45, 7) is 1.68. The zero-order chi connectivity index (χ0) is 20.6. The largest absolute Gasteiger partial charge is 0.417 e. The molecule has 0 amide bonds. The van der Waals surface area contributed by atoms with E-state index in [1.54, 1.807) is 25.1 Å². The smallest absolute Gasteiger partial charge is 0.357 e. The van der Waals surface area contributed by atoms with Crippen molar-refractivity contribution >= 4 is 39.4 Å². The first kappa shape index (κ1) is 22.9. The molecule has 0 aliphatic carbocycles. The normalized spacial score (nSPS) is 11.4. The Morgan fingerprint density at radius 2 is 1.74 bits per heavy atom. The summed E-state index contributed by atoms with van der Waals surface area (Å²) in [7, 11) is -2.61. The molecule has 0 atom stereocenters. The van der Waals surface area contributed by atoms with Gasteiger partial charge in [0.1, 0.15) is 0 Å². The molecule has 0 saturated heterocycles. The molecule has 0 heterocycles. The summed E-state index contributed by atoms with van der Waals surface area (Å²) in [5.74, 6) is 0.332. The summed E-state index contributed by atoms with van der Waals surface area (Å²) in [5.41, 5.74) is -0.772. The van der Waals surface area contributed by atoms with Gasteiger partial charge in [0, 0.05) is 21.7 Å². The van der Waals surface area contributed by atoms with Crippen LogP contribution in [-0.4, -0.2) is 14.1 Å². The molecule has 5 nitrogen and oxygen atoms in total. The molecule has 11 heteroatoms. The van der Waals surface area contributed by atoms with Crippen LogP contribution in [0.5, 0.6) is 5.75 Å². The Hall–Kier alpha value is -2.10. The van der Waals surface area contributed by atoms with E-state index in [1.807, 2.05) is 0 Å². The topological polar surface area (TPSA) is 79.6 Å². The molecule has 0 aromatic heterocycles. The lowest BCUT2D eigenvalue weighted by Gasteiger charge is -2.14. The molecule has 2 aromatic rings. The summed E-state index contributed by atoms with van der Waals surface area (Å²) < 4.78 is 62.2. The van der Waals surface area contributed by atoms with Crippen LogP contribution in [0.4, 0.5) is 13.2 Å². The van der Waals surface area contributed by atoms with Gasteiger partial charge in [0.25, 0.3) is 0 Å². The third kappa shape index (κ3) is 7.98. The number of benzene rings is 2. The number of rotatable bonds is 4. The molecule has 2 rings (SSSR count). The number of nitrogens with one attached hydrogen (secondary N) is 1. The first-order valence-electron chi connectivity index (χ1n) is 7.21. The highest BCUT2D eigenvalue weighted by molar-refractivity contribution is 7.60. The maximum Gasteiger partial charge on any atom is 0.417 e. The van der Waals surface area contributed by atoms with Crippen molar-refractivity contribution in [3.05, 3.63) is 63.6 Å². The molecule has 0 aliphatic rings. The highest BCUT2D eigenvalue weighted by Gasteiger charge is 2.34. The van der Waals surface area contributed by atoms with Crippen LogP contribution in [0.2, 0.25) is 10.0 Å². The molecular weight excluding hydrogens is 428 g/mol. The fourth-order valence-electron chi connectivity index (χ4n) is 1.94. The van der Waals surface area contributed by atoms with E-state index in [1.165, 1.54) is 18.2 Å².